The van der Waals surface area contributed by atoms with Crippen molar-refractivity contribution in [1.82, 2.24) is 25.0 Å². The molecule has 0 saturated carbocycles. The van der Waals surface area contributed by atoms with E-state index in [4.69, 9.17) is 0 Å². The Hall–Kier alpha value is -2.56. The van der Waals surface area contributed by atoms with Crippen LogP contribution in [0.4, 0.5) is 0 Å². The highest BCUT2D eigenvalue weighted by atomic mass is 15.4. The van der Waals surface area contributed by atoms with Gasteiger partial charge in [0.05, 0.1) is 23.8 Å². The van der Waals surface area contributed by atoms with E-state index in [1.165, 1.54) is 0 Å². The summed E-state index contributed by atoms with van der Waals surface area (Å²) in [6.45, 7) is 1.95. The Kier molecular flexibility index (Phi) is 2.57. The summed E-state index contributed by atoms with van der Waals surface area (Å²) in [4.78, 5) is 8.47. The van der Waals surface area contributed by atoms with Gasteiger partial charge in [0, 0.05) is 11.9 Å². The predicted molar refractivity (Wildman–Crippen MR) is 67.1 cm³/mol. The van der Waals surface area contributed by atoms with Crippen LogP contribution in [0.5, 0.6) is 0 Å². The third kappa shape index (κ3) is 1.98. The van der Waals surface area contributed by atoms with Crippen LogP contribution in [0.3, 0.4) is 0 Å². The quantitative estimate of drug-likeness (QED) is 0.684. The Morgan fingerprint density at radius 1 is 1.06 bits per heavy atom. The SMILES string of the molecule is Cc1cccc(-c2cn(-c3cccnc3)nn2)n1. The van der Waals surface area contributed by atoms with E-state index in [1.807, 2.05) is 43.5 Å². The summed E-state index contributed by atoms with van der Waals surface area (Å²) in [5, 5.41) is 8.21. The van der Waals surface area contributed by atoms with Gasteiger partial charge in [-0.3, -0.25) is 9.97 Å². The van der Waals surface area contributed by atoms with E-state index in [0.717, 1.165) is 22.8 Å². The zero-order valence-corrected chi connectivity index (χ0v) is 9.85. The first-order valence-corrected chi connectivity index (χ1v) is 5.60. The predicted octanol–water partition coefficient (Wildman–Crippen LogP) is 2.03. The van der Waals surface area contributed by atoms with Gasteiger partial charge in [0.2, 0.25) is 0 Å². The standard InChI is InChI=1S/C13H11N5/c1-10-4-2-6-12(15-10)13-9-18(17-16-13)11-5-3-7-14-8-11/h2-9H,1H3. The first kappa shape index (κ1) is 10.6. The number of aromatic nitrogens is 5. The summed E-state index contributed by atoms with van der Waals surface area (Å²) in [5.74, 6) is 0. The van der Waals surface area contributed by atoms with E-state index in [-0.39, 0.29) is 0 Å². The third-order valence-corrected chi connectivity index (χ3v) is 2.55. The number of hydrogen-bond donors (Lipinski definition) is 0. The van der Waals surface area contributed by atoms with Crippen LogP contribution in [0.25, 0.3) is 17.1 Å². The molecule has 0 spiro atoms. The molecule has 3 heterocycles. The van der Waals surface area contributed by atoms with Crippen molar-refractivity contribution in [1.29, 1.82) is 0 Å². The molecule has 3 rings (SSSR count). The van der Waals surface area contributed by atoms with Gasteiger partial charge in [-0.2, -0.15) is 0 Å². The zero-order chi connectivity index (χ0) is 12.4. The van der Waals surface area contributed by atoms with Crippen LogP contribution in [0, 0.1) is 6.92 Å². The molecule has 18 heavy (non-hydrogen) atoms. The highest BCUT2D eigenvalue weighted by Crippen LogP contribution is 2.15. The Labute approximate surface area is 104 Å². The normalized spacial score (nSPS) is 10.5. The van der Waals surface area contributed by atoms with Gasteiger partial charge >= 0.3 is 0 Å². The average molecular weight is 237 g/mol. The second-order valence-corrected chi connectivity index (χ2v) is 3.92. The van der Waals surface area contributed by atoms with Gasteiger partial charge in [-0.25, -0.2) is 4.68 Å². The molecule has 0 aliphatic heterocycles. The van der Waals surface area contributed by atoms with Gasteiger partial charge < -0.3 is 0 Å². The van der Waals surface area contributed by atoms with E-state index in [9.17, 15) is 0 Å². The van der Waals surface area contributed by atoms with Crippen molar-refractivity contribution in [2.75, 3.05) is 0 Å². The van der Waals surface area contributed by atoms with Crippen molar-refractivity contribution in [3.63, 3.8) is 0 Å². The summed E-state index contributed by atoms with van der Waals surface area (Å²) in [7, 11) is 0. The van der Waals surface area contributed by atoms with Crippen molar-refractivity contribution in [3.05, 3.63) is 54.6 Å². The maximum Gasteiger partial charge on any atom is 0.131 e. The molecule has 0 unspecified atom stereocenters. The monoisotopic (exact) mass is 237 g/mol. The first-order valence-electron chi connectivity index (χ1n) is 5.60. The second kappa shape index (κ2) is 4.37. The van der Waals surface area contributed by atoms with Gasteiger partial charge in [-0.15, -0.1) is 5.10 Å². The molecule has 0 aromatic carbocycles. The van der Waals surface area contributed by atoms with Gasteiger partial charge in [-0.05, 0) is 31.2 Å². The molecule has 3 aromatic rings. The number of rotatable bonds is 2. The van der Waals surface area contributed by atoms with Crippen LogP contribution >= 0.6 is 0 Å². The molecule has 0 fully saturated rings. The van der Waals surface area contributed by atoms with Crippen molar-refractivity contribution >= 4 is 0 Å². The fourth-order valence-electron chi connectivity index (χ4n) is 1.68. The highest BCUT2D eigenvalue weighted by Gasteiger charge is 2.06. The van der Waals surface area contributed by atoms with Gasteiger partial charge in [-0.1, -0.05) is 11.3 Å². The molecule has 5 heteroatoms. The number of pyridine rings is 2. The molecule has 3 aromatic heterocycles. The summed E-state index contributed by atoms with van der Waals surface area (Å²) in [6, 6.07) is 9.62. The lowest BCUT2D eigenvalue weighted by atomic mass is 10.2. The van der Waals surface area contributed by atoms with Crippen LogP contribution in [0.1, 0.15) is 5.69 Å². The van der Waals surface area contributed by atoms with Crippen molar-refractivity contribution in [2.45, 2.75) is 6.92 Å². The maximum absolute atomic E-state index is 4.42. The minimum Gasteiger partial charge on any atom is -0.262 e. The zero-order valence-electron chi connectivity index (χ0n) is 9.85. The smallest absolute Gasteiger partial charge is 0.131 e. The summed E-state index contributed by atoms with van der Waals surface area (Å²) in [5.41, 5.74) is 3.42. The Morgan fingerprint density at radius 2 is 2.00 bits per heavy atom. The van der Waals surface area contributed by atoms with E-state index in [2.05, 4.69) is 20.3 Å². The molecule has 0 N–H and O–H groups in total. The maximum atomic E-state index is 4.42. The molecule has 0 radical (unpaired) electrons. The lowest BCUT2D eigenvalue weighted by Gasteiger charge is -1.97. The summed E-state index contributed by atoms with van der Waals surface area (Å²) < 4.78 is 1.69. The molecular weight excluding hydrogens is 226 g/mol. The van der Waals surface area contributed by atoms with E-state index in [0.29, 0.717) is 0 Å². The summed E-state index contributed by atoms with van der Waals surface area (Å²) in [6.07, 6.45) is 5.31. The van der Waals surface area contributed by atoms with Gasteiger partial charge in [0.25, 0.3) is 0 Å². The molecule has 5 nitrogen and oxygen atoms in total. The Balaban J connectivity index is 2.00. The lowest BCUT2D eigenvalue weighted by Crippen LogP contribution is -1.94. The molecule has 0 amide bonds. The topological polar surface area (TPSA) is 56.5 Å². The van der Waals surface area contributed by atoms with E-state index in [1.54, 1.807) is 17.1 Å². The molecular formula is C13H11N5. The highest BCUT2D eigenvalue weighted by molar-refractivity contribution is 5.53. The Morgan fingerprint density at radius 3 is 2.78 bits per heavy atom. The van der Waals surface area contributed by atoms with Crippen LogP contribution in [0.15, 0.2) is 48.9 Å². The molecule has 88 valence electrons. The number of aryl methyl sites for hydroxylation is 1. The van der Waals surface area contributed by atoms with Crippen LogP contribution in [-0.4, -0.2) is 25.0 Å². The minimum atomic E-state index is 0.752. The first-order chi connectivity index (χ1) is 8.83. The molecule has 0 bridgehead atoms. The Bertz CT molecular complexity index is 660. The average Bonchev–Trinajstić information content (AvgIpc) is 2.89. The van der Waals surface area contributed by atoms with Gasteiger partial charge in [0.15, 0.2) is 0 Å². The number of nitrogens with zero attached hydrogens (tertiary/aromatic N) is 5. The van der Waals surface area contributed by atoms with Gasteiger partial charge in [0.1, 0.15) is 5.69 Å². The summed E-state index contributed by atoms with van der Waals surface area (Å²) >= 11 is 0. The minimum absolute atomic E-state index is 0.752. The fourth-order valence-corrected chi connectivity index (χ4v) is 1.68. The second-order valence-electron chi connectivity index (χ2n) is 3.92. The van der Waals surface area contributed by atoms with Crippen LogP contribution in [-0.2, 0) is 0 Å². The third-order valence-electron chi connectivity index (χ3n) is 2.55. The molecule has 0 atom stereocenters. The molecule has 0 aliphatic rings. The van der Waals surface area contributed by atoms with E-state index < -0.39 is 0 Å². The largest absolute Gasteiger partial charge is 0.262 e. The number of hydrogen-bond acceptors (Lipinski definition) is 4. The van der Waals surface area contributed by atoms with Crippen molar-refractivity contribution < 1.29 is 0 Å². The van der Waals surface area contributed by atoms with E-state index >= 15 is 0 Å². The lowest BCUT2D eigenvalue weighted by molar-refractivity contribution is 0.800. The molecule has 0 aliphatic carbocycles. The van der Waals surface area contributed by atoms with Crippen LogP contribution in [0.2, 0.25) is 0 Å². The van der Waals surface area contributed by atoms with Crippen molar-refractivity contribution in [3.8, 4) is 17.1 Å². The van der Waals surface area contributed by atoms with Crippen molar-refractivity contribution in [2.24, 2.45) is 0 Å². The molecule has 0 saturated heterocycles. The fraction of sp³-hybridized carbons (Fsp3) is 0.0769. The van der Waals surface area contributed by atoms with Crippen LogP contribution < -0.4 is 0 Å².